The summed E-state index contributed by atoms with van der Waals surface area (Å²) in [5.41, 5.74) is 1.84. The fraction of sp³-hybridized carbons (Fsp3) is 0.650. The molecular formula is C20H33N7. The summed E-state index contributed by atoms with van der Waals surface area (Å²) in [6.45, 7) is 4.49. The number of likely N-dealkylation sites (N-methyl/N-ethyl adjacent to an activating group) is 2. The molecule has 0 saturated heterocycles. The maximum atomic E-state index is 4.60. The topological polar surface area (TPSA) is 61.6 Å². The quantitative estimate of drug-likeness (QED) is 0.767. The Kier molecular flexibility index (Phi) is 6.44. The highest BCUT2D eigenvalue weighted by Crippen LogP contribution is 2.42. The van der Waals surface area contributed by atoms with Gasteiger partial charge in [-0.3, -0.25) is 9.38 Å². The third-order valence-corrected chi connectivity index (χ3v) is 5.84. The fourth-order valence-corrected chi connectivity index (χ4v) is 4.18. The van der Waals surface area contributed by atoms with E-state index >= 15 is 0 Å². The molecule has 1 saturated carbocycles. The Balaban J connectivity index is 1.87. The largest absolute Gasteiger partial charge is 0.394 e. The number of fused-ring (bicyclic) bond motifs is 1. The highest BCUT2D eigenvalue weighted by molar-refractivity contribution is 5.50. The molecule has 0 aliphatic heterocycles. The van der Waals surface area contributed by atoms with Crippen LogP contribution >= 0.6 is 0 Å². The Morgan fingerprint density at radius 1 is 1.19 bits per heavy atom. The molecule has 148 valence electrons. The first-order valence-corrected chi connectivity index (χ1v) is 9.93. The van der Waals surface area contributed by atoms with Crippen molar-refractivity contribution in [3.05, 3.63) is 30.1 Å². The van der Waals surface area contributed by atoms with Crippen LogP contribution in [0.4, 0.5) is 0 Å². The SMILES string of the molecule is CCC1CC(N(C)CCN(C)C)CC1c1nnc2cncc(/C=C\NC)n12. The van der Waals surface area contributed by atoms with Gasteiger partial charge >= 0.3 is 0 Å². The molecule has 1 aliphatic rings. The van der Waals surface area contributed by atoms with Gasteiger partial charge in [-0.2, -0.15) is 0 Å². The third kappa shape index (κ3) is 4.30. The molecule has 0 amide bonds. The summed E-state index contributed by atoms with van der Waals surface area (Å²) < 4.78 is 2.18. The highest BCUT2D eigenvalue weighted by Gasteiger charge is 2.38. The Labute approximate surface area is 162 Å². The van der Waals surface area contributed by atoms with Crippen molar-refractivity contribution in [3.63, 3.8) is 0 Å². The highest BCUT2D eigenvalue weighted by atomic mass is 15.3. The molecule has 0 aromatic carbocycles. The lowest BCUT2D eigenvalue weighted by atomic mass is 9.93. The van der Waals surface area contributed by atoms with Gasteiger partial charge in [0.05, 0.1) is 18.1 Å². The van der Waals surface area contributed by atoms with Crippen molar-refractivity contribution in [2.45, 2.75) is 38.1 Å². The van der Waals surface area contributed by atoms with Gasteiger partial charge in [0, 0.05) is 32.1 Å². The molecule has 2 aromatic heterocycles. The number of rotatable bonds is 8. The van der Waals surface area contributed by atoms with Crippen molar-refractivity contribution in [3.8, 4) is 0 Å². The van der Waals surface area contributed by atoms with E-state index in [9.17, 15) is 0 Å². The molecule has 1 fully saturated rings. The van der Waals surface area contributed by atoms with E-state index in [1.165, 1.54) is 12.8 Å². The second-order valence-electron chi connectivity index (χ2n) is 7.89. The molecule has 0 bridgehead atoms. The van der Waals surface area contributed by atoms with Gasteiger partial charge in [-0.1, -0.05) is 13.3 Å². The van der Waals surface area contributed by atoms with E-state index in [2.05, 4.69) is 62.8 Å². The average molecular weight is 372 g/mol. The van der Waals surface area contributed by atoms with E-state index in [1.807, 2.05) is 25.5 Å². The van der Waals surface area contributed by atoms with Crippen LogP contribution in [0.25, 0.3) is 11.7 Å². The van der Waals surface area contributed by atoms with Gasteiger partial charge in [-0.25, -0.2) is 0 Å². The van der Waals surface area contributed by atoms with Crippen molar-refractivity contribution in [2.75, 3.05) is 41.3 Å². The van der Waals surface area contributed by atoms with Crippen molar-refractivity contribution in [1.82, 2.24) is 34.7 Å². The Morgan fingerprint density at radius 3 is 2.70 bits per heavy atom. The van der Waals surface area contributed by atoms with E-state index in [0.717, 1.165) is 36.7 Å². The van der Waals surface area contributed by atoms with Crippen LogP contribution in [0.2, 0.25) is 0 Å². The summed E-state index contributed by atoms with van der Waals surface area (Å²) in [4.78, 5) is 9.09. The summed E-state index contributed by atoms with van der Waals surface area (Å²) in [6, 6.07) is 0.602. The molecule has 27 heavy (non-hydrogen) atoms. The van der Waals surface area contributed by atoms with Gasteiger partial charge in [0.25, 0.3) is 0 Å². The Hall–Kier alpha value is -1.99. The maximum Gasteiger partial charge on any atom is 0.179 e. The molecule has 2 aromatic rings. The molecule has 0 spiro atoms. The van der Waals surface area contributed by atoms with E-state index < -0.39 is 0 Å². The Morgan fingerprint density at radius 2 is 2.00 bits per heavy atom. The summed E-state index contributed by atoms with van der Waals surface area (Å²) in [5.74, 6) is 2.15. The van der Waals surface area contributed by atoms with Gasteiger partial charge in [0.2, 0.25) is 0 Å². The zero-order chi connectivity index (χ0) is 19.4. The minimum Gasteiger partial charge on any atom is -0.394 e. The first kappa shape index (κ1) is 19.8. The molecule has 7 heteroatoms. The molecular weight excluding hydrogens is 338 g/mol. The molecule has 3 unspecified atom stereocenters. The number of hydrogen-bond acceptors (Lipinski definition) is 6. The van der Waals surface area contributed by atoms with Crippen LogP contribution in [-0.4, -0.2) is 76.7 Å². The van der Waals surface area contributed by atoms with Crippen LogP contribution in [0.5, 0.6) is 0 Å². The van der Waals surface area contributed by atoms with Gasteiger partial charge in [-0.05, 0) is 52.2 Å². The summed E-state index contributed by atoms with van der Waals surface area (Å²) in [6.07, 6.45) is 11.2. The van der Waals surface area contributed by atoms with Crippen molar-refractivity contribution < 1.29 is 0 Å². The second-order valence-corrected chi connectivity index (χ2v) is 7.89. The van der Waals surface area contributed by atoms with E-state index in [4.69, 9.17) is 0 Å². The lowest BCUT2D eigenvalue weighted by Gasteiger charge is -2.25. The summed E-state index contributed by atoms with van der Waals surface area (Å²) in [5, 5.41) is 12.1. The monoisotopic (exact) mass is 371 g/mol. The zero-order valence-corrected chi connectivity index (χ0v) is 17.3. The van der Waals surface area contributed by atoms with Gasteiger partial charge in [-0.15, -0.1) is 10.2 Å². The average Bonchev–Trinajstić information content (AvgIpc) is 3.28. The van der Waals surface area contributed by atoms with E-state index in [1.54, 1.807) is 6.20 Å². The van der Waals surface area contributed by atoms with Crippen LogP contribution < -0.4 is 5.32 Å². The normalized spacial score (nSPS) is 23.3. The lowest BCUT2D eigenvalue weighted by molar-refractivity contribution is 0.214. The first-order valence-electron chi connectivity index (χ1n) is 9.93. The van der Waals surface area contributed by atoms with E-state index in [-0.39, 0.29) is 0 Å². The van der Waals surface area contributed by atoms with Crippen LogP contribution in [0.3, 0.4) is 0 Å². The van der Waals surface area contributed by atoms with Crippen molar-refractivity contribution >= 4 is 11.7 Å². The predicted molar refractivity (Wildman–Crippen MR) is 110 cm³/mol. The maximum absolute atomic E-state index is 4.60. The lowest BCUT2D eigenvalue weighted by Crippen LogP contribution is -2.35. The smallest absolute Gasteiger partial charge is 0.179 e. The molecule has 0 radical (unpaired) electrons. The zero-order valence-electron chi connectivity index (χ0n) is 17.3. The van der Waals surface area contributed by atoms with Crippen LogP contribution in [0, 0.1) is 5.92 Å². The van der Waals surface area contributed by atoms with E-state index in [0.29, 0.717) is 17.9 Å². The molecule has 3 atom stereocenters. The second kappa shape index (κ2) is 8.80. The third-order valence-electron chi connectivity index (χ3n) is 5.84. The van der Waals surface area contributed by atoms with Gasteiger partial charge in [0.15, 0.2) is 5.65 Å². The fourth-order valence-electron chi connectivity index (χ4n) is 4.18. The number of nitrogens with zero attached hydrogens (tertiary/aromatic N) is 6. The number of nitrogens with one attached hydrogen (secondary N) is 1. The minimum absolute atomic E-state index is 0.431. The van der Waals surface area contributed by atoms with Crippen LogP contribution in [0.1, 0.15) is 43.6 Å². The van der Waals surface area contributed by atoms with Gasteiger partial charge in [0.1, 0.15) is 5.82 Å². The molecule has 2 heterocycles. The number of aromatic nitrogens is 4. The molecule has 7 nitrogen and oxygen atoms in total. The van der Waals surface area contributed by atoms with Gasteiger partial charge < -0.3 is 15.1 Å². The molecule has 1 N–H and O–H groups in total. The summed E-state index contributed by atoms with van der Waals surface area (Å²) in [7, 11) is 8.43. The Bertz CT molecular complexity index is 767. The van der Waals surface area contributed by atoms with Crippen LogP contribution in [0.15, 0.2) is 18.6 Å². The number of hydrogen-bond donors (Lipinski definition) is 1. The molecule has 3 rings (SSSR count). The van der Waals surface area contributed by atoms with Crippen molar-refractivity contribution in [2.24, 2.45) is 5.92 Å². The summed E-state index contributed by atoms with van der Waals surface area (Å²) >= 11 is 0. The minimum atomic E-state index is 0.431. The predicted octanol–water partition coefficient (Wildman–Crippen LogP) is 2.08. The standard InChI is InChI=1S/C20H33N7/c1-6-15-11-17(26(5)10-9-25(3)4)12-18(15)20-24-23-19-14-22-13-16(27(19)20)7-8-21-2/h7-8,13-15,17-18,21H,6,9-12H2,1-5H3/b8-7-. The van der Waals surface area contributed by atoms with Crippen LogP contribution in [-0.2, 0) is 0 Å². The first-order chi connectivity index (χ1) is 13.0. The van der Waals surface area contributed by atoms with Crippen molar-refractivity contribution in [1.29, 1.82) is 0 Å². The molecule has 1 aliphatic carbocycles.